The second-order valence-electron chi connectivity index (χ2n) is 7.49. The zero-order valence-corrected chi connectivity index (χ0v) is 13.1. The molecule has 0 aromatic heterocycles. The Morgan fingerprint density at radius 1 is 1.20 bits per heavy atom. The Bertz CT molecular complexity index is 359. The highest BCUT2D eigenvalue weighted by Crippen LogP contribution is 2.33. The minimum absolute atomic E-state index is 0.396. The highest BCUT2D eigenvalue weighted by Gasteiger charge is 2.37. The molecule has 4 unspecified atom stereocenters. The summed E-state index contributed by atoms with van der Waals surface area (Å²) in [5, 5.41) is 3.66. The van der Waals surface area contributed by atoms with E-state index in [1.807, 2.05) is 0 Å². The molecule has 2 bridgehead atoms. The standard InChI is InChI=1S/C16H29N3O/c1-11-9-19(10-15(11)18(2)3)16(20)8-12-6-13-4-5-14(7-12)17-13/h11-15,17H,4-10H2,1-3H3. The Labute approximate surface area is 122 Å². The van der Waals surface area contributed by atoms with E-state index in [1.54, 1.807) is 0 Å². The van der Waals surface area contributed by atoms with Gasteiger partial charge in [-0.2, -0.15) is 0 Å². The third-order valence-corrected chi connectivity index (χ3v) is 5.62. The van der Waals surface area contributed by atoms with Crippen molar-refractivity contribution in [1.29, 1.82) is 0 Å². The minimum Gasteiger partial charge on any atom is -0.341 e. The van der Waals surface area contributed by atoms with Gasteiger partial charge in [0, 0.05) is 37.6 Å². The summed E-state index contributed by atoms with van der Waals surface area (Å²) < 4.78 is 0. The molecule has 4 heteroatoms. The number of hydrogen-bond donors (Lipinski definition) is 1. The molecule has 3 fully saturated rings. The number of rotatable bonds is 3. The van der Waals surface area contributed by atoms with Crippen molar-refractivity contribution < 1.29 is 4.79 Å². The molecule has 1 N–H and O–H groups in total. The summed E-state index contributed by atoms with van der Waals surface area (Å²) in [6.45, 7) is 4.13. The van der Waals surface area contributed by atoms with Crippen molar-refractivity contribution in [3.63, 3.8) is 0 Å². The number of piperidine rings is 1. The number of carbonyl (C=O) groups excluding carboxylic acids is 1. The first kappa shape index (κ1) is 14.3. The molecule has 3 rings (SSSR count). The molecule has 0 saturated carbocycles. The first-order chi connectivity index (χ1) is 9.52. The van der Waals surface area contributed by atoms with Crippen LogP contribution in [0.2, 0.25) is 0 Å². The van der Waals surface area contributed by atoms with E-state index in [0.717, 1.165) is 19.5 Å². The smallest absolute Gasteiger partial charge is 0.222 e. The lowest BCUT2D eigenvalue weighted by atomic mass is 9.89. The SMILES string of the molecule is CC1CN(C(=O)CC2CC3CCC(C2)N3)CC1N(C)C. The van der Waals surface area contributed by atoms with Crippen LogP contribution in [0.15, 0.2) is 0 Å². The molecule has 3 aliphatic heterocycles. The maximum atomic E-state index is 12.5. The molecule has 4 atom stereocenters. The van der Waals surface area contributed by atoms with E-state index >= 15 is 0 Å². The quantitative estimate of drug-likeness (QED) is 0.846. The van der Waals surface area contributed by atoms with Crippen LogP contribution in [-0.2, 0) is 4.79 Å². The van der Waals surface area contributed by atoms with Crippen LogP contribution in [0.3, 0.4) is 0 Å². The number of nitrogens with zero attached hydrogens (tertiary/aromatic N) is 2. The van der Waals surface area contributed by atoms with Gasteiger partial charge in [0.15, 0.2) is 0 Å². The Morgan fingerprint density at radius 2 is 1.85 bits per heavy atom. The van der Waals surface area contributed by atoms with Crippen LogP contribution in [0.25, 0.3) is 0 Å². The van der Waals surface area contributed by atoms with Gasteiger partial charge in [-0.05, 0) is 51.6 Å². The lowest BCUT2D eigenvalue weighted by Crippen LogP contribution is -2.40. The van der Waals surface area contributed by atoms with Crippen molar-refractivity contribution in [1.82, 2.24) is 15.1 Å². The predicted molar refractivity (Wildman–Crippen MR) is 80.5 cm³/mol. The molecular weight excluding hydrogens is 250 g/mol. The van der Waals surface area contributed by atoms with Crippen LogP contribution in [0.5, 0.6) is 0 Å². The molecule has 0 spiro atoms. The molecule has 0 aromatic rings. The number of nitrogens with one attached hydrogen (secondary N) is 1. The van der Waals surface area contributed by atoms with Gasteiger partial charge in [-0.3, -0.25) is 4.79 Å². The van der Waals surface area contributed by atoms with E-state index in [9.17, 15) is 4.79 Å². The highest BCUT2D eigenvalue weighted by molar-refractivity contribution is 5.77. The van der Waals surface area contributed by atoms with Crippen molar-refractivity contribution in [3.05, 3.63) is 0 Å². The van der Waals surface area contributed by atoms with Crippen molar-refractivity contribution in [2.24, 2.45) is 11.8 Å². The van der Waals surface area contributed by atoms with E-state index in [4.69, 9.17) is 0 Å². The van der Waals surface area contributed by atoms with Crippen LogP contribution in [0.4, 0.5) is 0 Å². The number of carbonyl (C=O) groups is 1. The van der Waals surface area contributed by atoms with Crippen LogP contribution < -0.4 is 5.32 Å². The van der Waals surface area contributed by atoms with Gasteiger partial charge in [0.1, 0.15) is 0 Å². The molecule has 0 aromatic carbocycles. The van der Waals surface area contributed by atoms with E-state index in [0.29, 0.717) is 35.9 Å². The lowest BCUT2D eigenvalue weighted by Gasteiger charge is -2.30. The average molecular weight is 279 g/mol. The minimum atomic E-state index is 0.396. The highest BCUT2D eigenvalue weighted by atomic mass is 16.2. The van der Waals surface area contributed by atoms with Gasteiger partial charge in [0.2, 0.25) is 5.91 Å². The van der Waals surface area contributed by atoms with Crippen molar-refractivity contribution in [3.8, 4) is 0 Å². The van der Waals surface area contributed by atoms with E-state index in [1.165, 1.54) is 25.7 Å². The monoisotopic (exact) mass is 279 g/mol. The van der Waals surface area contributed by atoms with Gasteiger partial charge in [-0.25, -0.2) is 0 Å². The Morgan fingerprint density at radius 3 is 2.40 bits per heavy atom. The molecule has 1 amide bonds. The maximum Gasteiger partial charge on any atom is 0.222 e. The Kier molecular flexibility index (Phi) is 4.04. The second-order valence-corrected chi connectivity index (χ2v) is 7.49. The summed E-state index contributed by atoms with van der Waals surface area (Å²) in [5.74, 6) is 1.61. The lowest BCUT2D eigenvalue weighted by molar-refractivity contribution is -0.131. The van der Waals surface area contributed by atoms with Crippen LogP contribution in [-0.4, -0.2) is 61.0 Å². The molecule has 3 saturated heterocycles. The van der Waals surface area contributed by atoms with Gasteiger partial charge < -0.3 is 15.1 Å². The predicted octanol–water partition coefficient (Wildman–Crippen LogP) is 1.32. The number of amides is 1. The Hall–Kier alpha value is -0.610. The molecule has 3 heterocycles. The van der Waals surface area contributed by atoms with Crippen LogP contribution >= 0.6 is 0 Å². The average Bonchev–Trinajstić information content (AvgIpc) is 2.93. The van der Waals surface area contributed by atoms with Gasteiger partial charge in [0.25, 0.3) is 0 Å². The number of hydrogen-bond acceptors (Lipinski definition) is 3. The topological polar surface area (TPSA) is 35.6 Å². The third kappa shape index (κ3) is 2.86. The van der Waals surface area contributed by atoms with Gasteiger partial charge >= 0.3 is 0 Å². The molecule has 3 aliphatic rings. The fraction of sp³-hybridized carbons (Fsp3) is 0.938. The summed E-state index contributed by atoms with van der Waals surface area (Å²) >= 11 is 0. The number of likely N-dealkylation sites (N-methyl/N-ethyl adjacent to an activating group) is 1. The van der Waals surface area contributed by atoms with Crippen molar-refractivity contribution >= 4 is 5.91 Å². The maximum absolute atomic E-state index is 12.5. The molecule has 0 radical (unpaired) electrons. The van der Waals surface area contributed by atoms with Gasteiger partial charge in [-0.1, -0.05) is 6.92 Å². The summed E-state index contributed by atoms with van der Waals surface area (Å²) in [4.78, 5) is 16.9. The second kappa shape index (κ2) is 5.64. The van der Waals surface area contributed by atoms with Crippen molar-refractivity contribution in [2.45, 2.75) is 57.2 Å². The van der Waals surface area contributed by atoms with Crippen LogP contribution in [0, 0.1) is 11.8 Å². The fourth-order valence-corrected chi connectivity index (χ4v) is 4.54. The van der Waals surface area contributed by atoms with E-state index < -0.39 is 0 Å². The normalized spacial score (nSPS) is 40.6. The summed E-state index contributed by atoms with van der Waals surface area (Å²) in [6, 6.07) is 1.92. The first-order valence-corrected chi connectivity index (χ1v) is 8.23. The Balaban J connectivity index is 1.52. The zero-order chi connectivity index (χ0) is 14.3. The number of fused-ring (bicyclic) bond motifs is 2. The number of likely N-dealkylation sites (tertiary alicyclic amines) is 1. The summed E-state index contributed by atoms with van der Waals surface area (Å²) in [6.07, 6.45) is 5.84. The summed E-state index contributed by atoms with van der Waals surface area (Å²) in [5.41, 5.74) is 0. The van der Waals surface area contributed by atoms with E-state index in [2.05, 4.69) is 36.1 Å². The van der Waals surface area contributed by atoms with Gasteiger partial charge in [0.05, 0.1) is 0 Å². The molecule has 0 aliphatic carbocycles. The molecule has 20 heavy (non-hydrogen) atoms. The zero-order valence-electron chi connectivity index (χ0n) is 13.1. The fourth-order valence-electron chi connectivity index (χ4n) is 4.54. The first-order valence-electron chi connectivity index (χ1n) is 8.23. The van der Waals surface area contributed by atoms with E-state index in [-0.39, 0.29) is 0 Å². The summed E-state index contributed by atoms with van der Waals surface area (Å²) in [7, 11) is 4.25. The third-order valence-electron chi connectivity index (χ3n) is 5.62. The molecule has 4 nitrogen and oxygen atoms in total. The molecular formula is C16H29N3O. The van der Waals surface area contributed by atoms with Crippen molar-refractivity contribution in [2.75, 3.05) is 27.2 Å². The van der Waals surface area contributed by atoms with Crippen LogP contribution in [0.1, 0.15) is 39.0 Å². The largest absolute Gasteiger partial charge is 0.341 e. The van der Waals surface area contributed by atoms with Gasteiger partial charge in [-0.15, -0.1) is 0 Å². The molecule has 114 valence electrons.